The lowest BCUT2D eigenvalue weighted by molar-refractivity contribution is 0.242. The molecule has 0 aliphatic rings. The van der Waals surface area contributed by atoms with E-state index in [1.165, 1.54) is 0 Å². The van der Waals surface area contributed by atoms with Gasteiger partial charge in [0.15, 0.2) is 0 Å². The maximum Gasteiger partial charge on any atom is 0.240 e. The summed E-state index contributed by atoms with van der Waals surface area (Å²) in [7, 11) is 0.494. The molecule has 0 aliphatic carbocycles. The molecule has 120 valence electrons. The van der Waals surface area contributed by atoms with Crippen molar-refractivity contribution < 1.29 is 8.42 Å². The third-order valence-electron chi connectivity index (χ3n) is 3.10. The maximum atomic E-state index is 12.3. The number of rotatable bonds is 8. The molecule has 6 heteroatoms. The fourth-order valence-electron chi connectivity index (χ4n) is 2.23. The molecule has 0 aliphatic heterocycles. The first-order valence-electron chi connectivity index (χ1n) is 6.96. The van der Waals surface area contributed by atoms with Gasteiger partial charge in [-0.05, 0) is 43.6 Å². The molecule has 0 amide bonds. The lowest BCUT2D eigenvalue weighted by Gasteiger charge is -2.28. The van der Waals surface area contributed by atoms with Crippen LogP contribution in [0.5, 0.6) is 0 Å². The van der Waals surface area contributed by atoms with E-state index < -0.39 is 10.0 Å². The number of benzene rings is 1. The fraction of sp³-hybridized carbons (Fsp3) is 0.600. The zero-order chi connectivity index (χ0) is 16.1. The summed E-state index contributed by atoms with van der Waals surface area (Å²) in [4.78, 5) is 2.34. The van der Waals surface area contributed by atoms with Crippen LogP contribution in [-0.2, 0) is 16.4 Å². The summed E-state index contributed by atoms with van der Waals surface area (Å²) in [6.45, 7) is 5.29. The van der Waals surface area contributed by atoms with E-state index in [1.807, 2.05) is 40.1 Å². The van der Waals surface area contributed by atoms with Crippen LogP contribution in [0, 0.1) is 5.41 Å². The Morgan fingerprint density at radius 1 is 1.19 bits per heavy atom. The Kier molecular flexibility index (Phi) is 6.66. The monoisotopic (exact) mass is 332 g/mol. The van der Waals surface area contributed by atoms with Crippen LogP contribution < -0.4 is 4.72 Å². The van der Waals surface area contributed by atoms with Crippen molar-refractivity contribution in [3.05, 3.63) is 29.8 Å². The highest BCUT2D eigenvalue weighted by atomic mass is 35.5. The molecule has 0 saturated carbocycles. The van der Waals surface area contributed by atoms with Crippen molar-refractivity contribution >= 4 is 21.6 Å². The number of nitrogens with zero attached hydrogens (tertiary/aromatic N) is 1. The number of halogens is 1. The van der Waals surface area contributed by atoms with Gasteiger partial charge in [0.25, 0.3) is 0 Å². The molecular formula is C15H25ClN2O2S. The summed E-state index contributed by atoms with van der Waals surface area (Å²) >= 11 is 5.67. The number of hydrogen-bond acceptors (Lipinski definition) is 3. The second-order valence-corrected chi connectivity index (χ2v) is 8.45. The van der Waals surface area contributed by atoms with E-state index in [9.17, 15) is 8.42 Å². The van der Waals surface area contributed by atoms with E-state index in [0.717, 1.165) is 18.5 Å². The SMILES string of the molecule is CN(C)CC(C)(C)CNS(=O)(=O)c1ccc(CCCl)cc1. The second kappa shape index (κ2) is 7.58. The predicted molar refractivity (Wildman–Crippen MR) is 88.4 cm³/mol. The Hall–Kier alpha value is -0.620. The molecule has 0 unspecified atom stereocenters. The van der Waals surface area contributed by atoms with Crippen molar-refractivity contribution in [3.8, 4) is 0 Å². The minimum Gasteiger partial charge on any atom is -0.309 e. The second-order valence-electron chi connectivity index (χ2n) is 6.31. The minimum absolute atomic E-state index is 0.130. The Morgan fingerprint density at radius 3 is 2.24 bits per heavy atom. The van der Waals surface area contributed by atoms with Crippen LogP contribution in [0.1, 0.15) is 19.4 Å². The van der Waals surface area contributed by atoms with Gasteiger partial charge in [-0.1, -0.05) is 26.0 Å². The number of alkyl halides is 1. The van der Waals surface area contributed by atoms with Crippen molar-refractivity contribution in [3.63, 3.8) is 0 Å². The van der Waals surface area contributed by atoms with Crippen molar-refractivity contribution in [2.24, 2.45) is 5.41 Å². The molecule has 1 aromatic rings. The average molecular weight is 333 g/mol. The summed E-state index contributed by atoms with van der Waals surface area (Å²) in [6, 6.07) is 6.87. The van der Waals surface area contributed by atoms with Gasteiger partial charge in [-0.3, -0.25) is 0 Å². The minimum atomic E-state index is -3.46. The highest BCUT2D eigenvalue weighted by molar-refractivity contribution is 7.89. The van der Waals surface area contributed by atoms with Gasteiger partial charge in [-0.2, -0.15) is 0 Å². The summed E-state index contributed by atoms with van der Waals surface area (Å²) in [5, 5.41) is 0. The van der Waals surface area contributed by atoms with Crippen molar-refractivity contribution in [2.75, 3.05) is 33.1 Å². The third-order valence-corrected chi connectivity index (χ3v) is 4.71. The Morgan fingerprint density at radius 2 is 1.76 bits per heavy atom. The quantitative estimate of drug-likeness (QED) is 0.743. The van der Waals surface area contributed by atoms with Crippen LogP contribution in [0.25, 0.3) is 0 Å². The van der Waals surface area contributed by atoms with E-state index >= 15 is 0 Å². The van der Waals surface area contributed by atoms with E-state index in [1.54, 1.807) is 12.1 Å². The van der Waals surface area contributed by atoms with E-state index in [2.05, 4.69) is 9.62 Å². The topological polar surface area (TPSA) is 49.4 Å². The molecule has 1 aromatic carbocycles. The standard InChI is InChI=1S/C15H25ClN2O2S/c1-15(2,12-18(3)4)11-17-21(19,20)14-7-5-13(6-8-14)9-10-16/h5-8,17H,9-12H2,1-4H3. The number of aryl methyl sites for hydroxylation is 1. The molecule has 0 spiro atoms. The van der Waals surface area contributed by atoms with E-state index in [-0.39, 0.29) is 5.41 Å². The first-order chi connectivity index (χ1) is 9.66. The molecule has 0 heterocycles. The summed E-state index contributed by atoms with van der Waals surface area (Å²) in [5.74, 6) is 0.531. The van der Waals surface area contributed by atoms with Crippen LogP contribution in [0.2, 0.25) is 0 Å². The third kappa shape index (κ3) is 6.34. The van der Waals surface area contributed by atoms with Crippen LogP contribution in [0.3, 0.4) is 0 Å². The molecule has 0 aromatic heterocycles. The molecule has 21 heavy (non-hydrogen) atoms. The zero-order valence-electron chi connectivity index (χ0n) is 13.2. The Bertz CT molecular complexity index is 539. The van der Waals surface area contributed by atoms with Gasteiger partial charge in [0.1, 0.15) is 0 Å². The van der Waals surface area contributed by atoms with Crippen molar-refractivity contribution in [1.29, 1.82) is 0 Å². The summed E-state index contributed by atoms with van der Waals surface area (Å²) in [6.07, 6.45) is 0.741. The van der Waals surface area contributed by atoms with Gasteiger partial charge >= 0.3 is 0 Å². The molecule has 1 rings (SSSR count). The molecule has 0 fully saturated rings. The largest absolute Gasteiger partial charge is 0.309 e. The smallest absolute Gasteiger partial charge is 0.240 e. The number of hydrogen-bond donors (Lipinski definition) is 1. The van der Waals surface area contributed by atoms with Crippen LogP contribution in [0.4, 0.5) is 0 Å². The number of sulfonamides is 1. The summed E-state index contributed by atoms with van der Waals surface area (Å²) in [5.41, 5.74) is 0.909. The molecule has 0 bridgehead atoms. The molecule has 0 atom stereocenters. The normalized spacial score (nSPS) is 12.9. The number of nitrogens with one attached hydrogen (secondary N) is 1. The van der Waals surface area contributed by atoms with E-state index in [4.69, 9.17) is 11.6 Å². The first-order valence-corrected chi connectivity index (χ1v) is 8.97. The summed E-state index contributed by atoms with van der Waals surface area (Å²) < 4.78 is 27.3. The molecule has 4 nitrogen and oxygen atoms in total. The molecule has 0 radical (unpaired) electrons. The average Bonchev–Trinajstić information content (AvgIpc) is 2.36. The van der Waals surface area contributed by atoms with Crippen LogP contribution in [-0.4, -0.2) is 46.4 Å². The zero-order valence-corrected chi connectivity index (χ0v) is 14.8. The van der Waals surface area contributed by atoms with Crippen molar-refractivity contribution in [2.45, 2.75) is 25.2 Å². The van der Waals surface area contributed by atoms with Gasteiger partial charge in [-0.25, -0.2) is 13.1 Å². The highest BCUT2D eigenvalue weighted by Crippen LogP contribution is 2.17. The lowest BCUT2D eigenvalue weighted by atomic mass is 9.93. The van der Waals surface area contributed by atoms with Gasteiger partial charge in [0, 0.05) is 19.0 Å². The van der Waals surface area contributed by atoms with Gasteiger partial charge in [0.2, 0.25) is 10.0 Å². The first kappa shape index (κ1) is 18.4. The predicted octanol–water partition coefficient (Wildman–Crippen LogP) is 2.33. The maximum absolute atomic E-state index is 12.3. The Labute approximate surface area is 133 Å². The molecule has 0 saturated heterocycles. The van der Waals surface area contributed by atoms with Crippen molar-refractivity contribution in [1.82, 2.24) is 9.62 Å². The van der Waals surface area contributed by atoms with Crippen LogP contribution >= 0.6 is 11.6 Å². The fourth-order valence-corrected chi connectivity index (χ4v) is 3.69. The lowest BCUT2D eigenvalue weighted by Crippen LogP contribution is -2.39. The highest BCUT2D eigenvalue weighted by Gasteiger charge is 2.23. The molecule has 1 N–H and O–H groups in total. The van der Waals surface area contributed by atoms with E-state index in [0.29, 0.717) is 17.3 Å². The van der Waals surface area contributed by atoms with Gasteiger partial charge in [-0.15, -0.1) is 11.6 Å². The van der Waals surface area contributed by atoms with Gasteiger partial charge < -0.3 is 4.90 Å². The molecular weight excluding hydrogens is 308 g/mol. The van der Waals surface area contributed by atoms with Crippen LogP contribution in [0.15, 0.2) is 29.2 Å². The Balaban J connectivity index is 2.73. The van der Waals surface area contributed by atoms with Gasteiger partial charge in [0.05, 0.1) is 4.90 Å².